The van der Waals surface area contributed by atoms with Crippen LogP contribution < -0.4 is 4.31 Å². The van der Waals surface area contributed by atoms with Crippen LogP contribution in [0.3, 0.4) is 0 Å². The molecule has 4 rings (SSSR count). The Morgan fingerprint density at radius 2 is 1.79 bits per heavy atom. The van der Waals surface area contributed by atoms with Gasteiger partial charge in [0.05, 0.1) is 18.0 Å². The zero-order valence-corrected chi connectivity index (χ0v) is 20.1. The molecule has 2 aliphatic heterocycles. The highest BCUT2D eigenvalue weighted by Crippen LogP contribution is 2.30. The summed E-state index contributed by atoms with van der Waals surface area (Å²) in [5, 5.41) is 7.51. The molecule has 176 valence electrons. The molecule has 0 radical (unpaired) electrons. The van der Waals surface area contributed by atoms with E-state index in [1.165, 1.54) is 0 Å². The number of hydrogen-bond donors (Lipinski definition) is 0. The molecule has 0 aliphatic carbocycles. The van der Waals surface area contributed by atoms with Crippen molar-refractivity contribution in [1.29, 1.82) is 0 Å². The molecule has 9 heteroatoms. The van der Waals surface area contributed by atoms with Crippen molar-refractivity contribution < 1.29 is 8.78 Å². The lowest BCUT2D eigenvalue weighted by molar-refractivity contribution is 0.0878. The Kier molecular flexibility index (Phi) is 7.72. The molecule has 1 fully saturated rings. The second-order valence-corrected chi connectivity index (χ2v) is 9.60. The number of pyridine rings is 1. The summed E-state index contributed by atoms with van der Waals surface area (Å²) in [6, 6.07) is 15.1. The number of anilines is 1. The molecule has 33 heavy (non-hydrogen) atoms. The third-order valence-corrected chi connectivity index (χ3v) is 7.12. The maximum Gasteiger partial charge on any atom is 0.278 e. The van der Waals surface area contributed by atoms with Crippen molar-refractivity contribution in [3.63, 3.8) is 0 Å². The lowest BCUT2D eigenvalue weighted by Gasteiger charge is -2.44. The Labute approximate surface area is 198 Å². The smallest absolute Gasteiger partial charge is 0.278 e. The van der Waals surface area contributed by atoms with Crippen LogP contribution in [0.5, 0.6) is 0 Å². The second-order valence-electron chi connectivity index (χ2n) is 8.48. The van der Waals surface area contributed by atoms with Gasteiger partial charge in [0.15, 0.2) is 0 Å². The number of piperazine rings is 1. The van der Waals surface area contributed by atoms with Crippen molar-refractivity contribution in [1.82, 2.24) is 14.2 Å². The first-order valence-electron chi connectivity index (χ1n) is 11.3. The molecule has 0 spiro atoms. The van der Waals surface area contributed by atoms with Crippen LogP contribution in [0.25, 0.3) is 0 Å². The minimum atomic E-state index is -2.57. The molecule has 2 aliphatic rings. The summed E-state index contributed by atoms with van der Waals surface area (Å²) < 4.78 is 30.4. The molecule has 0 saturated carbocycles. The molecule has 6 nitrogen and oxygen atoms in total. The van der Waals surface area contributed by atoms with Crippen molar-refractivity contribution in [2.45, 2.75) is 52.2 Å². The maximum atomic E-state index is 12.8. The molecule has 0 bridgehead atoms. The van der Waals surface area contributed by atoms with Crippen LogP contribution in [-0.2, 0) is 6.54 Å². The van der Waals surface area contributed by atoms with Gasteiger partial charge in [0, 0.05) is 61.2 Å². The van der Waals surface area contributed by atoms with Gasteiger partial charge < -0.3 is 0 Å². The SMILES string of the molecule is CCN1C(C)CN(SN(Cc2ccc(C3=NN=C(C(F)F)C3)cn2)c2ccccc2)CC1C. The number of nitrogens with zero attached hydrogens (tertiary/aromatic N) is 6. The fraction of sp³-hybridized carbons (Fsp3) is 0.458. The third-order valence-electron chi connectivity index (χ3n) is 6.05. The molecular weight excluding hydrogens is 442 g/mol. The number of benzene rings is 1. The molecule has 2 unspecified atom stereocenters. The summed E-state index contributed by atoms with van der Waals surface area (Å²) in [5.74, 6) is 0. The number of alkyl halides is 2. The second kappa shape index (κ2) is 10.7. The van der Waals surface area contributed by atoms with Gasteiger partial charge >= 0.3 is 0 Å². The normalized spacial score (nSPS) is 21.9. The maximum absolute atomic E-state index is 12.8. The van der Waals surface area contributed by atoms with E-state index in [-0.39, 0.29) is 12.1 Å². The Morgan fingerprint density at radius 3 is 2.36 bits per heavy atom. The number of para-hydroxylation sites is 1. The van der Waals surface area contributed by atoms with Crippen LogP contribution in [0, 0.1) is 0 Å². The van der Waals surface area contributed by atoms with Crippen LogP contribution in [0.1, 0.15) is 38.4 Å². The average molecular weight is 473 g/mol. The Balaban J connectivity index is 1.45. The summed E-state index contributed by atoms with van der Waals surface area (Å²) in [5.41, 5.74) is 3.09. The molecular formula is C24H30F2N6S. The van der Waals surface area contributed by atoms with Crippen molar-refractivity contribution in [3.8, 4) is 0 Å². The number of aromatic nitrogens is 1. The first-order valence-corrected chi connectivity index (χ1v) is 12.1. The lowest BCUT2D eigenvalue weighted by Crippen LogP contribution is -2.55. The average Bonchev–Trinajstić information content (AvgIpc) is 3.30. The van der Waals surface area contributed by atoms with Gasteiger partial charge in [-0.05, 0) is 44.7 Å². The van der Waals surface area contributed by atoms with Crippen LogP contribution >= 0.6 is 12.1 Å². The molecule has 1 aromatic heterocycles. The predicted octanol–water partition coefficient (Wildman–Crippen LogP) is 4.88. The van der Waals surface area contributed by atoms with Crippen molar-refractivity contribution in [2.24, 2.45) is 10.2 Å². The zero-order valence-electron chi connectivity index (χ0n) is 19.2. The van der Waals surface area contributed by atoms with Crippen LogP contribution in [0.15, 0.2) is 58.9 Å². The first-order chi connectivity index (χ1) is 15.9. The van der Waals surface area contributed by atoms with Gasteiger partial charge in [0.1, 0.15) is 5.71 Å². The van der Waals surface area contributed by atoms with Crippen molar-refractivity contribution in [2.75, 3.05) is 23.9 Å². The summed E-state index contributed by atoms with van der Waals surface area (Å²) in [6.07, 6.45) is -0.791. The van der Waals surface area contributed by atoms with E-state index in [0.717, 1.165) is 36.6 Å². The molecule has 3 heterocycles. The van der Waals surface area contributed by atoms with E-state index in [9.17, 15) is 8.78 Å². The van der Waals surface area contributed by atoms with Crippen molar-refractivity contribution in [3.05, 3.63) is 59.9 Å². The topological polar surface area (TPSA) is 47.3 Å². The van der Waals surface area contributed by atoms with Gasteiger partial charge in [-0.25, -0.2) is 13.1 Å². The Hall–Kier alpha value is -2.36. The standard InChI is InChI=1S/C24H30F2N6S/c1-4-31-17(2)14-30(15-18(31)3)33-32(21-8-6-5-7-9-21)16-20-11-10-19(13-27-20)22-12-23(24(25)26)29-28-22/h5-11,13,17-18,24H,4,12,14-16H2,1-3H3. The lowest BCUT2D eigenvalue weighted by atomic mass is 10.1. The fourth-order valence-corrected chi connectivity index (χ4v) is 5.63. The van der Waals surface area contributed by atoms with Gasteiger partial charge in [0.25, 0.3) is 6.43 Å². The monoisotopic (exact) mass is 472 g/mol. The molecule has 0 amide bonds. The number of halogens is 2. The first kappa shape index (κ1) is 23.8. The molecule has 0 N–H and O–H groups in total. The Morgan fingerprint density at radius 1 is 1.06 bits per heavy atom. The number of rotatable bonds is 8. The van der Waals surface area contributed by atoms with E-state index in [2.05, 4.69) is 61.6 Å². The highest BCUT2D eigenvalue weighted by molar-refractivity contribution is 7.98. The summed E-state index contributed by atoms with van der Waals surface area (Å²) in [7, 11) is 0. The molecule has 2 atom stereocenters. The van der Waals surface area contributed by atoms with Gasteiger partial charge in [-0.1, -0.05) is 25.1 Å². The minimum absolute atomic E-state index is 0.0742. The van der Waals surface area contributed by atoms with E-state index in [1.807, 2.05) is 30.3 Å². The van der Waals surface area contributed by atoms with Crippen LogP contribution in [0.2, 0.25) is 0 Å². The fourth-order valence-electron chi connectivity index (χ4n) is 4.38. The van der Waals surface area contributed by atoms with Gasteiger partial charge in [-0.15, -0.1) is 0 Å². The summed E-state index contributed by atoms with van der Waals surface area (Å²) in [6.45, 7) is 10.5. The van der Waals surface area contributed by atoms with E-state index in [0.29, 0.717) is 24.3 Å². The quantitative estimate of drug-likeness (QED) is 0.513. The highest BCUT2D eigenvalue weighted by Gasteiger charge is 2.30. The minimum Gasteiger partial charge on any atom is -0.297 e. The van der Waals surface area contributed by atoms with Crippen LogP contribution in [0.4, 0.5) is 14.5 Å². The number of hydrogen-bond acceptors (Lipinski definition) is 7. The molecule has 2 aromatic rings. The van der Waals surface area contributed by atoms with E-state index >= 15 is 0 Å². The number of likely N-dealkylation sites (N-methyl/N-ethyl adjacent to an activating group) is 1. The van der Waals surface area contributed by atoms with E-state index < -0.39 is 6.43 Å². The summed E-state index contributed by atoms with van der Waals surface area (Å²) >= 11 is 1.74. The molecule has 1 saturated heterocycles. The van der Waals surface area contributed by atoms with Gasteiger partial charge in [-0.2, -0.15) is 10.2 Å². The van der Waals surface area contributed by atoms with Gasteiger partial charge in [0.2, 0.25) is 0 Å². The third kappa shape index (κ3) is 5.77. The van der Waals surface area contributed by atoms with Gasteiger partial charge in [-0.3, -0.25) is 14.2 Å². The predicted molar refractivity (Wildman–Crippen MR) is 132 cm³/mol. The zero-order chi connectivity index (χ0) is 23.4. The largest absolute Gasteiger partial charge is 0.297 e. The van der Waals surface area contributed by atoms with E-state index in [4.69, 9.17) is 0 Å². The molecule has 1 aromatic carbocycles. The summed E-state index contributed by atoms with van der Waals surface area (Å²) in [4.78, 5) is 7.15. The van der Waals surface area contributed by atoms with Crippen LogP contribution in [-0.4, -0.2) is 63.8 Å². The van der Waals surface area contributed by atoms with E-state index in [1.54, 1.807) is 18.3 Å². The van der Waals surface area contributed by atoms with Crippen molar-refractivity contribution >= 4 is 29.2 Å². The Bertz CT molecular complexity index is 970. The highest BCUT2D eigenvalue weighted by atomic mass is 32.2.